The first-order valence-corrected chi connectivity index (χ1v) is 11.1. The monoisotopic (exact) mass is 446 g/mol. The Bertz CT molecular complexity index is 887. The molecule has 0 aliphatic heterocycles. The third-order valence-corrected chi connectivity index (χ3v) is 8.17. The van der Waals surface area contributed by atoms with E-state index in [1.807, 2.05) is 0 Å². The molecule has 138 valence electrons. The lowest BCUT2D eigenvalue weighted by molar-refractivity contribution is -0.000581. The normalized spacial score (nSPS) is 12.0. The van der Waals surface area contributed by atoms with Crippen molar-refractivity contribution in [2.24, 2.45) is 0 Å². The Labute approximate surface area is 166 Å². The molecule has 0 fully saturated rings. The minimum atomic E-state index is -4.11. The molecule has 0 atom stereocenters. The van der Waals surface area contributed by atoms with E-state index in [9.17, 15) is 8.78 Å². The van der Waals surface area contributed by atoms with Crippen LogP contribution in [0.4, 0.5) is 12.9 Å². The fraction of sp³-hybridized carbons (Fsp3) is 0.0909. The van der Waals surface area contributed by atoms with Crippen LogP contribution in [0.3, 0.4) is 0 Å². The molecule has 3 aromatic rings. The van der Waals surface area contributed by atoms with Gasteiger partial charge >= 0.3 is 8.41 Å². The Kier molecular flexibility index (Phi) is 5.72. The zero-order valence-electron chi connectivity index (χ0n) is 14.5. The summed E-state index contributed by atoms with van der Waals surface area (Å²) in [5.41, 5.74) is -0.285. The molecule has 0 N–H and O–H groups in total. The first-order valence-electron chi connectivity index (χ1n) is 8.47. The summed E-state index contributed by atoms with van der Waals surface area (Å²) >= 11 is 3.02. The second-order valence-corrected chi connectivity index (χ2v) is 10.5. The van der Waals surface area contributed by atoms with E-state index in [-0.39, 0.29) is 15.2 Å². The molecule has 0 unspecified atom stereocenters. The van der Waals surface area contributed by atoms with Gasteiger partial charge in [0.05, 0.1) is 0 Å². The summed E-state index contributed by atoms with van der Waals surface area (Å²) in [4.78, 5) is 0. The molecule has 0 radical (unpaired) electrons. The smallest absolute Gasteiger partial charge is 0.296 e. The van der Waals surface area contributed by atoms with Crippen LogP contribution in [0, 0.1) is 0 Å². The molecule has 0 nitrogen and oxygen atoms in total. The lowest BCUT2D eigenvalue weighted by atomic mass is 10.1. The van der Waals surface area contributed by atoms with Crippen LogP contribution in [-0.2, 0) is 5.92 Å². The van der Waals surface area contributed by atoms with Crippen molar-refractivity contribution in [2.45, 2.75) is 12.3 Å². The topological polar surface area (TPSA) is 0 Å². The van der Waals surface area contributed by atoms with Gasteiger partial charge in [-0.25, -0.2) is 8.78 Å². The second kappa shape index (κ2) is 7.86. The van der Waals surface area contributed by atoms with Gasteiger partial charge in [0.15, 0.2) is 0 Å². The molecule has 0 aromatic heterocycles. The standard InChI is InChI=1S/C22H18BrF3Si/c1-17(23)16-22(24,25)20-14-8-9-15-21(20)27(26,18-10-4-2-5-11-18)19-12-6-3-7-13-19/h2-15H,1,16H2. The van der Waals surface area contributed by atoms with Crippen molar-refractivity contribution in [1.29, 1.82) is 0 Å². The predicted molar refractivity (Wildman–Crippen MR) is 112 cm³/mol. The van der Waals surface area contributed by atoms with Gasteiger partial charge in [0, 0.05) is 12.0 Å². The van der Waals surface area contributed by atoms with Crippen LogP contribution in [-0.4, -0.2) is 8.41 Å². The van der Waals surface area contributed by atoms with Crippen molar-refractivity contribution in [1.82, 2.24) is 0 Å². The minimum Gasteiger partial charge on any atom is -0.296 e. The van der Waals surface area contributed by atoms with Gasteiger partial charge in [0.1, 0.15) is 0 Å². The van der Waals surface area contributed by atoms with Crippen LogP contribution < -0.4 is 15.6 Å². The lowest BCUT2D eigenvalue weighted by Gasteiger charge is -2.29. The van der Waals surface area contributed by atoms with Crippen molar-refractivity contribution in [3.05, 3.63) is 102 Å². The number of benzene rings is 3. The third kappa shape index (κ3) is 3.94. The lowest BCUT2D eigenvalue weighted by Crippen LogP contribution is -2.65. The van der Waals surface area contributed by atoms with Crippen molar-refractivity contribution >= 4 is 39.9 Å². The van der Waals surface area contributed by atoms with E-state index in [0.29, 0.717) is 10.4 Å². The van der Waals surface area contributed by atoms with Gasteiger partial charge in [-0.1, -0.05) is 107 Å². The molecule has 0 aliphatic carbocycles. The van der Waals surface area contributed by atoms with Crippen molar-refractivity contribution in [3.8, 4) is 0 Å². The highest BCUT2D eigenvalue weighted by atomic mass is 79.9. The van der Waals surface area contributed by atoms with Crippen LogP contribution in [0.1, 0.15) is 12.0 Å². The Balaban J connectivity index is 2.29. The molecular weight excluding hydrogens is 429 g/mol. The maximum Gasteiger partial charge on any atom is 0.339 e. The predicted octanol–water partition coefficient (Wildman–Crippen LogP) is 5.01. The molecular formula is C22H18BrF3Si. The van der Waals surface area contributed by atoms with E-state index in [4.69, 9.17) is 0 Å². The van der Waals surface area contributed by atoms with Crippen molar-refractivity contribution in [2.75, 3.05) is 0 Å². The van der Waals surface area contributed by atoms with Gasteiger partial charge in [-0.2, -0.15) is 0 Å². The molecule has 0 bridgehead atoms. The zero-order valence-corrected chi connectivity index (χ0v) is 17.1. The minimum absolute atomic E-state index is 0.0705. The van der Waals surface area contributed by atoms with E-state index in [2.05, 4.69) is 22.5 Å². The highest BCUT2D eigenvalue weighted by Gasteiger charge is 2.47. The molecule has 0 amide bonds. The van der Waals surface area contributed by atoms with Gasteiger partial charge in [-0.15, -0.1) is 0 Å². The summed E-state index contributed by atoms with van der Waals surface area (Å²) in [6.07, 6.45) is -0.585. The summed E-state index contributed by atoms with van der Waals surface area (Å²) < 4.78 is 47.0. The number of halogens is 4. The first kappa shape index (κ1) is 19.6. The largest absolute Gasteiger partial charge is 0.339 e. The number of alkyl halides is 2. The summed E-state index contributed by atoms with van der Waals surface area (Å²) in [5, 5.41) is 0.954. The molecule has 0 saturated heterocycles. The van der Waals surface area contributed by atoms with Gasteiger partial charge in [0.2, 0.25) is 0 Å². The average Bonchev–Trinajstić information content (AvgIpc) is 2.68. The maximum absolute atomic E-state index is 16.9. The first-order chi connectivity index (χ1) is 12.9. The highest BCUT2D eigenvalue weighted by Crippen LogP contribution is 2.35. The van der Waals surface area contributed by atoms with Gasteiger partial charge < -0.3 is 0 Å². The molecule has 5 heteroatoms. The summed E-state index contributed by atoms with van der Waals surface area (Å²) in [7, 11) is -4.11. The zero-order chi connectivity index (χ0) is 19.5. The van der Waals surface area contributed by atoms with Gasteiger partial charge in [-0.3, -0.25) is 4.11 Å². The van der Waals surface area contributed by atoms with Crippen LogP contribution in [0.5, 0.6) is 0 Å². The fourth-order valence-electron chi connectivity index (χ4n) is 3.25. The number of allylic oxidation sites excluding steroid dienone is 1. The highest BCUT2D eigenvalue weighted by molar-refractivity contribution is 9.11. The molecule has 3 rings (SSSR count). The molecule has 3 aromatic carbocycles. The van der Waals surface area contributed by atoms with Gasteiger partial charge in [0.25, 0.3) is 5.92 Å². The van der Waals surface area contributed by atoms with E-state index in [1.165, 1.54) is 18.2 Å². The molecule has 0 heterocycles. The van der Waals surface area contributed by atoms with E-state index < -0.39 is 20.8 Å². The number of hydrogen-bond acceptors (Lipinski definition) is 0. The number of rotatable bonds is 6. The third-order valence-electron chi connectivity index (χ3n) is 4.45. The van der Waals surface area contributed by atoms with E-state index in [1.54, 1.807) is 66.7 Å². The van der Waals surface area contributed by atoms with Crippen molar-refractivity contribution < 1.29 is 12.9 Å². The molecule has 27 heavy (non-hydrogen) atoms. The maximum atomic E-state index is 16.9. The molecule has 0 aliphatic rings. The van der Waals surface area contributed by atoms with E-state index in [0.717, 1.165) is 0 Å². The summed E-state index contributed by atoms with van der Waals surface area (Å²) in [6.45, 7) is 3.53. The number of hydrogen-bond donors (Lipinski definition) is 0. The molecule has 0 spiro atoms. The summed E-state index contributed by atoms with van der Waals surface area (Å²) in [6, 6.07) is 23.2. The molecule has 0 saturated carbocycles. The Morgan fingerprint density at radius 1 is 0.815 bits per heavy atom. The van der Waals surface area contributed by atoms with E-state index >= 15 is 4.11 Å². The Morgan fingerprint density at radius 3 is 1.74 bits per heavy atom. The van der Waals surface area contributed by atoms with Crippen LogP contribution >= 0.6 is 15.9 Å². The Morgan fingerprint density at radius 2 is 1.26 bits per heavy atom. The summed E-state index contributed by atoms with van der Waals surface area (Å²) in [5.74, 6) is -3.23. The van der Waals surface area contributed by atoms with Crippen LogP contribution in [0.2, 0.25) is 0 Å². The van der Waals surface area contributed by atoms with Gasteiger partial charge in [-0.05, 0) is 20.0 Å². The van der Waals surface area contributed by atoms with Crippen LogP contribution in [0.15, 0.2) is 96.0 Å². The van der Waals surface area contributed by atoms with Crippen LogP contribution in [0.25, 0.3) is 0 Å². The van der Waals surface area contributed by atoms with Crippen molar-refractivity contribution in [3.63, 3.8) is 0 Å². The average molecular weight is 447 g/mol. The Hall–Kier alpha value is -2.11. The second-order valence-electron chi connectivity index (χ2n) is 6.33. The SMILES string of the molecule is C=C(Br)CC(F)(F)c1ccccc1[Si](F)(c1ccccc1)c1ccccc1. The fourth-order valence-corrected chi connectivity index (χ4v) is 6.83. The quantitative estimate of drug-likeness (QED) is 0.283.